The minimum atomic E-state index is 0.0354. The van der Waals surface area contributed by atoms with Gasteiger partial charge in [-0.2, -0.15) is 0 Å². The molecule has 1 unspecified atom stereocenters. The van der Waals surface area contributed by atoms with E-state index < -0.39 is 0 Å². The van der Waals surface area contributed by atoms with Gasteiger partial charge in [-0.1, -0.05) is 30.3 Å². The molecule has 3 nitrogen and oxygen atoms in total. The number of nitrogens with zero attached hydrogens (tertiary/aromatic N) is 2. The molecule has 0 N–H and O–H groups in total. The molecule has 0 spiro atoms. The lowest BCUT2D eigenvalue weighted by molar-refractivity contribution is -0.133. The third-order valence-electron chi connectivity index (χ3n) is 6.26. The molecular weight excluding hydrogens is 320 g/mol. The van der Waals surface area contributed by atoms with E-state index in [0.717, 1.165) is 37.6 Å². The first-order valence-corrected chi connectivity index (χ1v) is 9.57. The molecule has 2 aliphatic rings. The lowest BCUT2D eigenvalue weighted by Crippen LogP contribution is -2.42. The Bertz CT molecular complexity index is 987. The Hall–Kier alpha value is -2.55. The number of carbonyl (C=O) groups excluding carboxylic acids is 1. The van der Waals surface area contributed by atoms with Crippen LogP contribution < -0.4 is 0 Å². The third kappa shape index (κ3) is 2.38. The van der Waals surface area contributed by atoms with Crippen molar-refractivity contribution in [3.8, 4) is 0 Å². The third-order valence-corrected chi connectivity index (χ3v) is 6.26. The van der Waals surface area contributed by atoms with Crippen LogP contribution >= 0.6 is 0 Å². The summed E-state index contributed by atoms with van der Waals surface area (Å²) in [4.78, 5) is 15.3. The van der Waals surface area contributed by atoms with Gasteiger partial charge in [-0.3, -0.25) is 4.79 Å². The lowest BCUT2D eigenvalue weighted by atomic mass is 9.91. The summed E-state index contributed by atoms with van der Waals surface area (Å²) in [6, 6.07) is 18.5. The van der Waals surface area contributed by atoms with E-state index >= 15 is 0 Å². The van der Waals surface area contributed by atoms with E-state index in [1.165, 1.54) is 22.4 Å². The van der Waals surface area contributed by atoms with E-state index in [-0.39, 0.29) is 17.9 Å². The number of likely N-dealkylation sites (N-methyl/N-ethyl adjacent to an activating group) is 1. The molecule has 1 amide bonds. The molecule has 26 heavy (non-hydrogen) atoms. The van der Waals surface area contributed by atoms with Crippen molar-refractivity contribution >= 4 is 11.4 Å². The minimum Gasteiger partial charge on any atom is -0.342 e. The Labute approximate surface area is 154 Å². The molecule has 3 heteroatoms. The summed E-state index contributed by atoms with van der Waals surface area (Å²) in [6.07, 6.45) is 7.02. The van der Waals surface area contributed by atoms with Crippen LogP contribution in [0.2, 0.25) is 0 Å². The maximum absolute atomic E-state index is 13.2. The molecule has 1 aromatic carbocycles. The second-order valence-corrected chi connectivity index (χ2v) is 7.64. The van der Waals surface area contributed by atoms with Crippen molar-refractivity contribution in [2.75, 3.05) is 7.05 Å². The standard InChI is InChI=1S/C23H23N2O/c1-24(23(26)21-12-10-16-6-2-3-8-20(16)21)18-11-9-17-14-19-7-4-5-13-25(19)22(17)15-18/h2-8,13,18,21H,9-12,15H2,1H3/t18-,21?/m1/s1. The Morgan fingerprint density at radius 1 is 1.12 bits per heavy atom. The van der Waals surface area contributed by atoms with Crippen molar-refractivity contribution in [1.29, 1.82) is 0 Å². The van der Waals surface area contributed by atoms with Crippen molar-refractivity contribution in [3.63, 3.8) is 0 Å². The van der Waals surface area contributed by atoms with Crippen LogP contribution in [0.25, 0.3) is 5.52 Å². The maximum Gasteiger partial charge on any atom is 0.230 e. The zero-order valence-corrected chi connectivity index (χ0v) is 15.1. The van der Waals surface area contributed by atoms with Crippen molar-refractivity contribution in [2.45, 2.75) is 44.1 Å². The highest BCUT2D eigenvalue weighted by atomic mass is 16.2. The quantitative estimate of drug-likeness (QED) is 0.695. The van der Waals surface area contributed by atoms with Gasteiger partial charge in [-0.25, -0.2) is 0 Å². The Kier molecular flexibility index (Phi) is 3.63. The van der Waals surface area contributed by atoms with E-state index in [1.54, 1.807) is 0 Å². The Morgan fingerprint density at radius 3 is 2.88 bits per heavy atom. The van der Waals surface area contributed by atoms with Crippen LogP contribution in [-0.2, 0) is 24.1 Å². The highest BCUT2D eigenvalue weighted by Crippen LogP contribution is 2.35. The van der Waals surface area contributed by atoms with Gasteiger partial charge < -0.3 is 9.30 Å². The SMILES string of the molecule is CN(C(=O)C1CCc2ccccc21)[C@@H]1CCc2[c]c3ccccn3c2C1. The van der Waals surface area contributed by atoms with Gasteiger partial charge in [-0.05, 0) is 54.5 Å². The number of hydrogen-bond acceptors (Lipinski definition) is 1. The van der Waals surface area contributed by atoms with Gasteiger partial charge >= 0.3 is 0 Å². The molecule has 2 atom stereocenters. The second kappa shape index (κ2) is 6.01. The molecular formula is C23H23N2O. The summed E-state index contributed by atoms with van der Waals surface area (Å²) in [6.45, 7) is 0. The van der Waals surface area contributed by atoms with Gasteiger partial charge in [0.1, 0.15) is 0 Å². The van der Waals surface area contributed by atoms with Crippen LogP contribution in [0, 0.1) is 6.07 Å². The number of hydrogen-bond donors (Lipinski definition) is 0. The largest absolute Gasteiger partial charge is 0.342 e. The molecule has 3 aromatic rings. The van der Waals surface area contributed by atoms with Crippen LogP contribution in [0.5, 0.6) is 0 Å². The number of fused-ring (bicyclic) bond motifs is 4. The van der Waals surface area contributed by atoms with Gasteiger partial charge in [0.2, 0.25) is 5.91 Å². The molecule has 0 saturated heterocycles. The molecule has 5 rings (SSSR count). The van der Waals surface area contributed by atoms with E-state index in [1.807, 2.05) is 11.9 Å². The van der Waals surface area contributed by atoms with Crippen molar-refractivity contribution in [3.05, 3.63) is 77.1 Å². The predicted octanol–water partition coefficient (Wildman–Crippen LogP) is 3.79. The van der Waals surface area contributed by atoms with Crippen LogP contribution in [-0.4, -0.2) is 28.3 Å². The summed E-state index contributed by atoms with van der Waals surface area (Å²) < 4.78 is 2.24. The van der Waals surface area contributed by atoms with Crippen LogP contribution in [0.15, 0.2) is 48.7 Å². The Morgan fingerprint density at radius 2 is 1.96 bits per heavy atom. The fourth-order valence-electron chi connectivity index (χ4n) is 4.79. The fraction of sp³-hybridized carbons (Fsp3) is 0.348. The average Bonchev–Trinajstić information content (AvgIpc) is 3.27. The molecule has 0 saturated carbocycles. The minimum absolute atomic E-state index is 0.0354. The van der Waals surface area contributed by atoms with Gasteiger partial charge in [0.15, 0.2) is 0 Å². The average molecular weight is 343 g/mol. The fourth-order valence-corrected chi connectivity index (χ4v) is 4.79. The molecule has 1 radical (unpaired) electrons. The van der Waals surface area contributed by atoms with Crippen LogP contribution in [0.3, 0.4) is 0 Å². The number of carbonyl (C=O) groups is 1. The number of pyridine rings is 1. The Balaban J connectivity index is 1.40. The monoisotopic (exact) mass is 343 g/mol. The zero-order chi connectivity index (χ0) is 17.7. The molecule has 0 fully saturated rings. The van der Waals surface area contributed by atoms with E-state index in [4.69, 9.17) is 0 Å². The molecule has 0 aliphatic heterocycles. The molecule has 2 aliphatic carbocycles. The molecule has 0 bridgehead atoms. The first kappa shape index (κ1) is 15.7. The topological polar surface area (TPSA) is 24.7 Å². The summed E-state index contributed by atoms with van der Waals surface area (Å²) in [7, 11) is 2.00. The van der Waals surface area contributed by atoms with Crippen molar-refractivity contribution in [1.82, 2.24) is 9.30 Å². The molecule has 2 aromatic heterocycles. The first-order chi connectivity index (χ1) is 12.7. The first-order valence-electron chi connectivity index (χ1n) is 9.57. The van der Waals surface area contributed by atoms with E-state index in [2.05, 4.69) is 59.1 Å². The number of aromatic nitrogens is 1. The van der Waals surface area contributed by atoms with Gasteiger partial charge in [0.25, 0.3) is 0 Å². The van der Waals surface area contributed by atoms with Crippen molar-refractivity contribution < 1.29 is 4.79 Å². The highest BCUT2D eigenvalue weighted by Gasteiger charge is 2.34. The lowest BCUT2D eigenvalue weighted by Gasteiger charge is -2.33. The maximum atomic E-state index is 13.2. The number of aryl methyl sites for hydroxylation is 2. The van der Waals surface area contributed by atoms with Gasteiger partial charge in [0.05, 0.1) is 11.4 Å². The highest BCUT2D eigenvalue weighted by molar-refractivity contribution is 5.85. The van der Waals surface area contributed by atoms with E-state index in [0.29, 0.717) is 0 Å². The van der Waals surface area contributed by atoms with Crippen LogP contribution in [0.1, 0.15) is 41.1 Å². The van der Waals surface area contributed by atoms with Gasteiger partial charge in [0, 0.05) is 37.5 Å². The normalized spacial score (nSPS) is 21.4. The van der Waals surface area contributed by atoms with Crippen LogP contribution in [0.4, 0.5) is 0 Å². The number of benzene rings is 1. The predicted molar refractivity (Wildman–Crippen MR) is 102 cm³/mol. The number of amides is 1. The summed E-state index contributed by atoms with van der Waals surface area (Å²) in [5, 5.41) is 0. The van der Waals surface area contributed by atoms with Crippen molar-refractivity contribution in [2.24, 2.45) is 0 Å². The summed E-state index contributed by atoms with van der Waals surface area (Å²) in [5.41, 5.74) is 6.36. The summed E-state index contributed by atoms with van der Waals surface area (Å²) in [5.74, 6) is 0.321. The smallest absolute Gasteiger partial charge is 0.230 e. The molecule has 2 heterocycles. The van der Waals surface area contributed by atoms with E-state index in [9.17, 15) is 4.79 Å². The zero-order valence-electron chi connectivity index (χ0n) is 15.1. The number of rotatable bonds is 2. The van der Waals surface area contributed by atoms with Gasteiger partial charge in [-0.15, -0.1) is 0 Å². The summed E-state index contributed by atoms with van der Waals surface area (Å²) >= 11 is 0. The molecule has 131 valence electrons. The second-order valence-electron chi connectivity index (χ2n) is 7.64.